The monoisotopic (exact) mass is 312 g/mol. The summed E-state index contributed by atoms with van der Waals surface area (Å²) in [4.78, 5) is 30.2. The molecule has 1 atom stereocenters. The SMILES string of the molecule is CNC(=O)NC(=O)[C@@H](C)Sc1nc2ccc(Cl)cc2[nH]1. The highest BCUT2D eigenvalue weighted by atomic mass is 35.5. The second-order valence-corrected chi connectivity index (χ2v) is 5.80. The lowest BCUT2D eigenvalue weighted by Gasteiger charge is -2.08. The average Bonchev–Trinajstić information content (AvgIpc) is 2.79. The number of imidazole rings is 1. The van der Waals surface area contributed by atoms with E-state index >= 15 is 0 Å². The Hall–Kier alpha value is -1.73. The van der Waals surface area contributed by atoms with Crippen molar-refractivity contribution in [1.82, 2.24) is 20.6 Å². The highest BCUT2D eigenvalue weighted by Crippen LogP contribution is 2.25. The molecule has 6 nitrogen and oxygen atoms in total. The molecule has 3 N–H and O–H groups in total. The van der Waals surface area contributed by atoms with Gasteiger partial charge in [-0.05, 0) is 25.1 Å². The van der Waals surface area contributed by atoms with E-state index in [1.54, 1.807) is 25.1 Å². The second kappa shape index (κ2) is 6.15. The third-order valence-corrected chi connectivity index (χ3v) is 3.76. The molecule has 2 aromatic rings. The fraction of sp³-hybridized carbons (Fsp3) is 0.250. The predicted molar refractivity (Wildman–Crippen MR) is 79.0 cm³/mol. The van der Waals surface area contributed by atoms with Crippen LogP contribution in [-0.4, -0.2) is 34.2 Å². The van der Waals surface area contributed by atoms with Gasteiger partial charge in [0.25, 0.3) is 0 Å². The first-order valence-corrected chi connectivity index (χ1v) is 7.10. The van der Waals surface area contributed by atoms with E-state index in [2.05, 4.69) is 20.6 Å². The molecule has 2 rings (SSSR count). The summed E-state index contributed by atoms with van der Waals surface area (Å²) in [6.07, 6.45) is 0. The van der Waals surface area contributed by atoms with Crippen LogP contribution in [0.4, 0.5) is 4.79 Å². The number of halogens is 1. The number of carbonyl (C=O) groups is 2. The maximum atomic E-state index is 11.7. The van der Waals surface area contributed by atoms with Gasteiger partial charge in [0.15, 0.2) is 5.16 Å². The highest BCUT2D eigenvalue weighted by molar-refractivity contribution is 8.00. The summed E-state index contributed by atoms with van der Waals surface area (Å²) in [6.45, 7) is 1.70. The van der Waals surface area contributed by atoms with Gasteiger partial charge >= 0.3 is 6.03 Å². The molecular formula is C12H13ClN4O2S. The Morgan fingerprint density at radius 3 is 2.90 bits per heavy atom. The van der Waals surface area contributed by atoms with E-state index < -0.39 is 11.3 Å². The zero-order valence-electron chi connectivity index (χ0n) is 10.9. The third-order valence-electron chi connectivity index (χ3n) is 2.54. The van der Waals surface area contributed by atoms with Gasteiger partial charge in [0.2, 0.25) is 5.91 Å². The minimum atomic E-state index is -0.529. The zero-order valence-corrected chi connectivity index (χ0v) is 12.4. The molecule has 1 aromatic carbocycles. The number of rotatable bonds is 3. The van der Waals surface area contributed by atoms with E-state index in [1.165, 1.54) is 18.8 Å². The number of H-pyrrole nitrogens is 1. The van der Waals surface area contributed by atoms with E-state index in [1.807, 2.05) is 0 Å². The van der Waals surface area contributed by atoms with Crippen molar-refractivity contribution in [3.05, 3.63) is 23.2 Å². The van der Waals surface area contributed by atoms with Gasteiger partial charge in [-0.15, -0.1) is 0 Å². The van der Waals surface area contributed by atoms with Crippen LogP contribution in [-0.2, 0) is 4.79 Å². The Bertz CT molecular complexity index is 658. The van der Waals surface area contributed by atoms with Gasteiger partial charge in [0.05, 0.1) is 16.3 Å². The molecule has 0 fully saturated rings. The lowest BCUT2D eigenvalue weighted by atomic mass is 10.3. The molecule has 1 aromatic heterocycles. The minimum absolute atomic E-state index is 0.382. The quantitative estimate of drug-likeness (QED) is 0.758. The number of nitrogens with one attached hydrogen (secondary N) is 3. The van der Waals surface area contributed by atoms with Crippen LogP contribution in [0.1, 0.15) is 6.92 Å². The van der Waals surface area contributed by atoms with E-state index in [4.69, 9.17) is 11.6 Å². The van der Waals surface area contributed by atoms with Gasteiger partial charge in [-0.1, -0.05) is 23.4 Å². The molecule has 1 heterocycles. The van der Waals surface area contributed by atoms with Gasteiger partial charge in [-0.25, -0.2) is 9.78 Å². The summed E-state index contributed by atoms with van der Waals surface area (Å²) in [7, 11) is 1.45. The summed E-state index contributed by atoms with van der Waals surface area (Å²) in [5.74, 6) is -0.382. The van der Waals surface area contributed by atoms with Crippen LogP contribution >= 0.6 is 23.4 Å². The van der Waals surface area contributed by atoms with Crippen LogP contribution in [0.15, 0.2) is 23.4 Å². The smallest absolute Gasteiger partial charge is 0.321 e. The molecule has 0 saturated heterocycles. The van der Waals surface area contributed by atoms with Gasteiger partial charge < -0.3 is 10.3 Å². The summed E-state index contributed by atoms with van der Waals surface area (Å²) < 4.78 is 0. The van der Waals surface area contributed by atoms with Crippen LogP contribution in [0.2, 0.25) is 5.02 Å². The lowest BCUT2D eigenvalue weighted by Crippen LogP contribution is -2.41. The number of fused-ring (bicyclic) bond motifs is 1. The van der Waals surface area contributed by atoms with Gasteiger partial charge in [-0.3, -0.25) is 10.1 Å². The van der Waals surface area contributed by atoms with Gasteiger partial charge in [0.1, 0.15) is 0 Å². The van der Waals surface area contributed by atoms with Crippen molar-refractivity contribution in [2.45, 2.75) is 17.3 Å². The highest BCUT2D eigenvalue weighted by Gasteiger charge is 2.18. The number of thioether (sulfide) groups is 1. The molecule has 0 radical (unpaired) electrons. The molecule has 0 bridgehead atoms. The van der Waals surface area contributed by atoms with Gasteiger partial charge in [-0.2, -0.15) is 0 Å². The number of amides is 3. The summed E-state index contributed by atoms with van der Waals surface area (Å²) in [6, 6.07) is 4.79. The first-order chi connectivity index (χ1) is 9.49. The van der Waals surface area contributed by atoms with Crippen molar-refractivity contribution in [2.75, 3.05) is 7.05 Å². The number of carbonyl (C=O) groups excluding carboxylic acids is 2. The van der Waals surface area contributed by atoms with E-state index in [9.17, 15) is 9.59 Å². The van der Waals surface area contributed by atoms with Crippen molar-refractivity contribution >= 4 is 46.3 Å². The van der Waals surface area contributed by atoms with Crippen molar-refractivity contribution in [1.29, 1.82) is 0 Å². The normalized spacial score (nSPS) is 12.2. The second-order valence-electron chi connectivity index (χ2n) is 4.03. The summed E-state index contributed by atoms with van der Waals surface area (Å²) >= 11 is 7.13. The average molecular weight is 313 g/mol. The van der Waals surface area contributed by atoms with E-state index in [0.717, 1.165) is 11.0 Å². The standard InChI is InChI=1S/C12H13ClN4O2S/c1-6(10(18)17-11(19)14-2)20-12-15-8-4-3-7(13)5-9(8)16-12/h3-6H,1-2H3,(H,15,16)(H2,14,17,18,19)/t6-/m1/s1. The molecule has 0 aliphatic rings. The molecule has 20 heavy (non-hydrogen) atoms. The zero-order chi connectivity index (χ0) is 14.7. The van der Waals surface area contributed by atoms with Crippen molar-refractivity contribution < 1.29 is 9.59 Å². The lowest BCUT2D eigenvalue weighted by molar-refractivity contribution is -0.119. The molecule has 0 aliphatic carbocycles. The number of hydrogen-bond acceptors (Lipinski definition) is 4. The largest absolute Gasteiger partial charge is 0.341 e. The Kier molecular flexibility index (Phi) is 4.51. The number of benzene rings is 1. The van der Waals surface area contributed by atoms with Gasteiger partial charge in [0, 0.05) is 12.1 Å². The number of hydrogen-bond donors (Lipinski definition) is 3. The maximum Gasteiger partial charge on any atom is 0.321 e. The fourth-order valence-corrected chi connectivity index (χ4v) is 2.50. The summed E-state index contributed by atoms with van der Waals surface area (Å²) in [5.41, 5.74) is 1.58. The fourth-order valence-electron chi connectivity index (χ4n) is 1.51. The summed E-state index contributed by atoms with van der Waals surface area (Å²) in [5, 5.41) is 5.30. The van der Waals surface area contributed by atoms with Crippen LogP contribution in [0.3, 0.4) is 0 Å². The Morgan fingerprint density at radius 2 is 2.20 bits per heavy atom. The van der Waals surface area contributed by atoms with Crippen LogP contribution in [0.5, 0.6) is 0 Å². The van der Waals surface area contributed by atoms with Crippen LogP contribution in [0, 0.1) is 0 Å². The maximum absolute atomic E-state index is 11.7. The first-order valence-electron chi connectivity index (χ1n) is 5.84. The van der Waals surface area contributed by atoms with Crippen molar-refractivity contribution in [3.63, 3.8) is 0 Å². The molecule has 3 amide bonds. The van der Waals surface area contributed by atoms with E-state index in [0.29, 0.717) is 10.2 Å². The molecule has 0 saturated carbocycles. The van der Waals surface area contributed by atoms with Crippen LogP contribution < -0.4 is 10.6 Å². The van der Waals surface area contributed by atoms with Crippen LogP contribution in [0.25, 0.3) is 11.0 Å². The van der Waals surface area contributed by atoms with Crippen molar-refractivity contribution in [3.8, 4) is 0 Å². The molecule has 0 unspecified atom stereocenters. The molecular weight excluding hydrogens is 300 g/mol. The van der Waals surface area contributed by atoms with Crippen molar-refractivity contribution in [2.24, 2.45) is 0 Å². The third kappa shape index (κ3) is 3.43. The molecule has 0 spiro atoms. The molecule has 106 valence electrons. The molecule has 8 heteroatoms. The Balaban J connectivity index is 2.07. The topological polar surface area (TPSA) is 86.9 Å². The van der Waals surface area contributed by atoms with E-state index in [-0.39, 0.29) is 5.91 Å². The minimum Gasteiger partial charge on any atom is -0.341 e. The predicted octanol–water partition coefficient (Wildman–Crippen LogP) is 2.15. The number of urea groups is 1. The molecule has 0 aliphatic heterocycles. The Labute approximate surface area is 124 Å². The Morgan fingerprint density at radius 1 is 1.45 bits per heavy atom. The number of imide groups is 1. The first kappa shape index (κ1) is 14.7. The number of aromatic nitrogens is 2. The number of aromatic amines is 1. The number of nitrogens with zero attached hydrogens (tertiary/aromatic N) is 1.